The molecule has 0 unspecified atom stereocenters. The van der Waals surface area contributed by atoms with Crippen LogP contribution in [0.15, 0.2) is 4.99 Å². The van der Waals surface area contributed by atoms with Gasteiger partial charge in [0.25, 0.3) is 0 Å². The van der Waals surface area contributed by atoms with Crippen LogP contribution in [0.25, 0.3) is 0 Å². The van der Waals surface area contributed by atoms with Crippen molar-refractivity contribution in [2.45, 2.75) is 31.6 Å². The molecule has 0 aromatic carbocycles. The fraction of sp³-hybridized carbons (Fsp3) is 0.500. The minimum Gasteiger partial charge on any atom is -0.396 e. The molecule has 0 spiro atoms. The van der Waals surface area contributed by atoms with E-state index in [1.807, 2.05) is 19.0 Å². The average Bonchev–Trinajstić information content (AvgIpc) is 2.65. The van der Waals surface area contributed by atoms with E-state index in [4.69, 9.17) is 12.2 Å². The van der Waals surface area contributed by atoms with E-state index in [-0.39, 0.29) is 5.41 Å². The van der Waals surface area contributed by atoms with E-state index in [0.717, 1.165) is 35.5 Å². The molecule has 2 rings (SSSR count). The van der Waals surface area contributed by atoms with Crippen molar-refractivity contribution in [1.82, 2.24) is 4.90 Å². The molecule has 0 saturated carbocycles. The average molecular weight is 261 g/mol. The number of nitrogens with zero attached hydrogens (tertiary/aromatic N) is 2. The van der Waals surface area contributed by atoms with Crippen molar-refractivity contribution < 1.29 is 0 Å². The van der Waals surface area contributed by atoms with Crippen LogP contribution >= 0.6 is 11.3 Å². The van der Waals surface area contributed by atoms with Crippen LogP contribution < -0.4 is 5.73 Å². The van der Waals surface area contributed by atoms with E-state index in [9.17, 15) is 0 Å². The number of aryl methyl sites for hydroxylation is 1. The first-order valence-electron chi connectivity index (χ1n) is 6.08. The predicted octanol–water partition coefficient (Wildman–Crippen LogP) is 2.78. The molecule has 0 radical (unpaired) electrons. The molecule has 1 aliphatic carbocycles. The monoisotopic (exact) mass is 261 g/mol. The predicted molar refractivity (Wildman–Crippen MR) is 79.7 cm³/mol. The van der Waals surface area contributed by atoms with Crippen LogP contribution in [0, 0.1) is 12.3 Å². The maximum absolute atomic E-state index is 6.24. The number of terminal acetylenes is 1. The first kappa shape index (κ1) is 13.0. The van der Waals surface area contributed by atoms with Gasteiger partial charge in [-0.25, -0.2) is 4.99 Å². The normalized spacial score (nSPS) is 22.8. The lowest BCUT2D eigenvalue weighted by atomic mass is 9.74. The second-order valence-electron chi connectivity index (χ2n) is 5.16. The van der Waals surface area contributed by atoms with Gasteiger partial charge in [-0.3, -0.25) is 0 Å². The highest BCUT2D eigenvalue weighted by atomic mass is 32.1. The summed E-state index contributed by atoms with van der Waals surface area (Å²) in [5, 5.41) is 0.886. The minimum absolute atomic E-state index is 0.222. The molecule has 0 aliphatic heterocycles. The Kier molecular flexibility index (Phi) is 3.36. The molecular weight excluding hydrogens is 242 g/mol. The van der Waals surface area contributed by atoms with Gasteiger partial charge in [0.05, 0.1) is 17.4 Å². The van der Waals surface area contributed by atoms with Crippen LogP contribution in [0.4, 0.5) is 10.7 Å². The van der Waals surface area contributed by atoms with Gasteiger partial charge >= 0.3 is 0 Å². The Hall–Kier alpha value is -1.47. The third-order valence-corrected chi connectivity index (χ3v) is 4.53. The molecule has 2 N–H and O–H groups in total. The van der Waals surface area contributed by atoms with E-state index in [1.54, 1.807) is 17.7 Å². The van der Waals surface area contributed by atoms with Gasteiger partial charge < -0.3 is 10.6 Å². The third-order valence-electron chi connectivity index (χ3n) is 3.36. The summed E-state index contributed by atoms with van der Waals surface area (Å²) in [6.07, 6.45) is 10.7. The van der Waals surface area contributed by atoms with Crippen molar-refractivity contribution in [3.05, 3.63) is 10.4 Å². The zero-order chi connectivity index (χ0) is 13.3. The van der Waals surface area contributed by atoms with Crippen LogP contribution in [-0.4, -0.2) is 25.3 Å². The van der Waals surface area contributed by atoms with Gasteiger partial charge in [0.1, 0.15) is 5.00 Å². The summed E-state index contributed by atoms with van der Waals surface area (Å²) >= 11 is 1.68. The summed E-state index contributed by atoms with van der Waals surface area (Å²) in [4.78, 5) is 7.65. The molecular formula is C14H19N3S. The number of hydrogen-bond donors (Lipinski definition) is 1. The number of nitrogen functional groups attached to an aromatic ring is 1. The van der Waals surface area contributed by atoms with Crippen molar-refractivity contribution in [1.29, 1.82) is 0 Å². The van der Waals surface area contributed by atoms with Crippen LogP contribution in [0.5, 0.6) is 0 Å². The first-order chi connectivity index (χ1) is 8.48. The lowest BCUT2D eigenvalue weighted by molar-refractivity contribution is 0.505. The molecule has 1 aromatic rings. The van der Waals surface area contributed by atoms with Gasteiger partial charge in [-0.2, -0.15) is 0 Å². The molecule has 4 heteroatoms. The number of rotatable bonds is 2. The topological polar surface area (TPSA) is 41.6 Å². The lowest BCUT2D eigenvalue weighted by Gasteiger charge is -2.29. The summed E-state index contributed by atoms with van der Waals surface area (Å²) in [7, 11) is 3.89. The summed E-state index contributed by atoms with van der Waals surface area (Å²) < 4.78 is 0. The maximum Gasteiger partial charge on any atom is 0.141 e. The standard InChI is InChI=1S/C14H19N3S/c1-5-14(2)8-6-7-10-11(14)12(15)13(18-10)16-9-17(3)4/h1,9H,6-8,15H2,2-4H3/t14-/m0/s1. The van der Waals surface area contributed by atoms with Gasteiger partial charge in [0.2, 0.25) is 0 Å². The van der Waals surface area contributed by atoms with Crippen molar-refractivity contribution in [3.8, 4) is 12.3 Å². The van der Waals surface area contributed by atoms with Crippen LogP contribution in [0.3, 0.4) is 0 Å². The zero-order valence-electron chi connectivity index (χ0n) is 11.2. The van der Waals surface area contributed by atoms with Crippen molar-refractivity contribution in [2.75, 3.05) is 19.8 Å². The Bertz CT molecular complexity index is 522. The zero-order valence-corrected chi connectivity index (χ0v) is 12.0. The van der Waals surface area contributed by atoms with Crippen LogP contribution in [0.1, 0.15) is 30.2 Å². The van der Waals surface area contributed by atoms with Crippen LogP contribution in [0.2, 0.25) is 0 Å². The molecule has 1 heterocycles. The highest BCUT2D eigenvalue weighted by Crippen LogP contribution is 2.49. The van der Waals surface area contributed by atoms with Crippen LogP contribution in [-0.2, 0) is 11.8 Å². The number of fused-ring (bicyclic) bond motifs is 1. The smallest absolute Gasteiger partial charge is 0.141 e. The highest BCUT2D eigenvalue weighted by molar-refractivity contribution is 7.16. The summed E-state index contributed by atoms with van der Waals surface area (Å²) in [6, 6.07) is 0. The fourth-order valence-electron chi connectivity index (χ4n) is 2.40. The van der Waals surface area contributed by atoms with Crippen molar-refractivity contribution in [3.63, 3.8) is 0 Å². The van der Waals surface area contributed by atoms with E-state index in [2.05, 4.69) is 17.8 Å². The first-order valence-corrected chi connectivity index (χ1v) is 6.89. The minimum atomic E-state index is -0.222. The lowest BCUT2D eigenvalue weighted by Crippen LogP contribution is -2.25. The quantitative estimate of drug-likeness (QED) is 0.505. The van der Waals surface area contributed by atoms with Crippen molar-refractivity contribution in [2.24, 2.45) is 4.99 Å². The Labute approximate surface area is 113 Å². The number of hydrogen-bond acceptors (Lipinski definition) is 3. The molecule has 3 nitrogen and oxygen atoms in total. The summed E-state index contributed by atoms with van der Waals surface area (Å²) in [5.74, 6) is 2.92. The maximum atomic E-state index is 6.24. The molecule has 1 atom stereocenters. The van der Waals surface area contributed by atoms with E-state index in [1.165, 1.54) is 4.88 Å². The summed E-state index contributed by atoms with van der Waals surface area (Å²) in [5.41, 5.74) is 7.94. The highest BCUT2D eigenvalue weighted by Gasteiger charge is 2.35. The molecule has 0 amide bonds. The molecule has 0 saturated heterocycles. The molecule has 1 aromatic heterocycles. The second kappa shape index (κ2) is 4.66. The number of aliphatic imine (C=N–C) groups is 1. The van der Waals surface area contributed by atoms with E-state index in [0.29, 0.717) is 0 Å². The molecule has 18 heavy (non-hydrogen) atoms. The van der Waals surface area contributed by atoms with E-state index < -0.39 is 0 Å². The summed E-state index contributed by atoms with van der Waals surface area (Å²) in [6.45, 7) is 2.10. The van der Waals surface area contributed by atoms with Gasteiger partial charge in [0, 0.05) is 24.5 Å². The molecule has 1 aliphatic rings. The van der Waals surface area contributed by atoms with E-state index >= 15 is 0 Å². The Balaban J connectivity index is 2.48. The molecule has 0 bridgehead atoms. The Morgan fingerprint density at radius 1 is 1.56 bits per heavy atom. The SMILES string of the molecule is C#C[C@@]1(C)CCCc2sc(N=CN(C)C)c(N)c21. The second-order valence-corrected chi connectivity index (χ2v) is 6.24. The van der Waals surface area contributed by atoms with Gasteiger partial charge in [0.15, 0.2) is 0 Å². The largest absolute Gasteiger partial charge is 0.396 e. The Morgan fingerprint density at radius 3 is 2.89 bits per heavy atom. The van der Waals surface area contributed by atoms with Crippen molar-refractivity contribution >= 4 is 28.4 Å². The Morgan fingerprint density at radius 2 is 2.28 bits per heavy atom. The van der Waals surface area contributed by atoms with Gasteiger partial charge in [-0.05, 0) is 26.2 Å². The number of nitrogens with two attached hydrogens (primary N) is 1. The molecule has 0 fully saturated rings. The number of anilines is 1. The fourth-order valence-corrected chi connectivity index (χ4v) is 3.63. The molecule has 96 valence electrons. The number of thiophene rings is 1. The van der Waals surface area contributed by atoms with Gasteiger partial charge in [-0.1, -0.05) is 5.92 Å². The van der Waals surface area contributed by atoms with Gasteiger partial charge in [-0.15, -0.1) is 17.8 Å². The third kappa shape index (κ3) is 2.11.